The number of rotatable bonds is 8. The summed E-state index contributed by atoms with van der Waals surface area (Å²) in [5.41, 5.74) is 4.15. The zero-order valence-corrected chi connectivity index (χ0v) is 21.2. The zero-order valence-electron chi connectivity index (χ0n) is 20.4. The second-order valence-corrected chi connectivity index (χ2v) is 10.7. The van der Waals surface area contributed by atoms with Crippen molar-refractivity contribution in [2.45, 2.75) is 24.3 Å². The molecule has 9 nitrogen and oxygen atoms in total. The molecule has 2 aromatic heterocycles. The number of methoxy groups -OCH3 is 1. The molecule has 0 amide bonds. The number of hydrogen-bond donors (Lipinski definition) is 1. The molecule has 0 unspecified atom stereocenters. The van der Waals surface area contributed by atoms with Crippen LogP contribution in [0.25, 0.3) is 11.1 Å². The van der Waals surface area contributed by atoms with E-state index in [9.17, 15) is 8.42 Å². The molecule has 2 aliphatic heterocycles. The Kier molecular flexibility index (Phi) is 7.35. The third kappa shape index (κ3) is 5.61. The first-order chi connectivity index (χ1) is 17.5. The Morgan fingerprint density at radius 2 is 1.72 bits per heavy atom. The smallest absolute Gasteiger partial charge is 0.267 e. The van der Waals surface area contributed by atoms with Crippen molar-refractivity contribution < 1.29 is 17.9 Å². The minimum Gasteiger partial charge on any atom is -0.480 e. The topological polar surface area (TPSA) is 96.9 Å². The van der Waals surface area contributed by atoms with E-state index in [1.807, 2.05) is 4.90 Å². The van der Waals surface area contributed by atoms with E-state index in [0.29, 0.717) is 37.7 Å². The lowest BCUT2D eigenvalue weighted by Crippen LogP contribution is -2.36. The molecule has 1 aromatic carbocycles. The Morgan fingerprint density at radius 3 is 2.44 bits per heavy atom. The molecule has 2 aliphatic rings. The molecular weight excluding hydrogens is 478 g/mol. The first-order valence-electron chi connectivity index (χ1n) is 12.2. The summed E-state index contributed by atoms with van der Waals surface area (Å²) >= 11 is 0. The normalized spacial score (nSPS) is 16.8. The fourth-order valence-electron chi connectivity index (χ4n) is 4.63. The van der Waals surface area contributed by atoms with E-state index >= 15 is 0 Å². The van der Waals surface area contributed by atoms with Crippen molar-refractivity contribution in [3.8, 4) is 17.0 Å². The van der Waals surface area contributed by atoms with Gasteiger partial charge in [-0.2, -0.15) is 0 Å². The van der Waals surface area contributed by atoms with Gasteiger partial charge in [-0.3, -0.25) is 14.6 Å². The largest absolute Gasteiger partial charge is 0.480 e. The molecule has 2 fully saturated rings. The number of ether oxygens (including phenoxy) is 2. The summed E-state index contributed by atoms with van der Waals surface area (Å²) in [6.45, 7) is 5.78. The molecule has 0 bridgehead atoms. The number of morpholine rings is 1. The summed E-state index contributed by atoms with van der Waals surface area (Å²) in [5, 5.41) is 0. The number of hydrogen-bond acceptors (Lipinski definition) is 8. The van der Waals surface area contributed by atoms with Gasteiger partial charge in [0.05, 0.1) is 44.1 Å². The second kappa shape index (κ2) is 10.8. The van der Waals surface area contributed by atoms with Crippen LogP contribution in [0, 0.1) is 0 Å². The van der Waals surface area contributed by atoms with E-state index in [-0.39, 0.29) is 10.8 Å². The van der Waals surface area contributed by atoms with Gasteiger partial charge in [0.15, 0.2) is 4.90 Å². The summed E-state index contributed by atoms with van der Waals surface area (Å²) < 4.78 is 40.1. The van der Waals surface area contributed by atoms with Crippen LogP contribution in [-0.2, 0) is 21.3 Å². The van der Waals surface area contributed by atoms with Gasteiger partial charge in [0, 0.05) is 31.4 Å². The van der Waals surface area contributed by atoms with Crippen LogP contribution in [-0.4, -0.2) is 69.8 Å². The standard InChI is InChI=1S/C26H31N5O4S/c1-34-26-25(15-24(18-28-26)31-10-12-35-13-11-31)36(32,33)29-23-14-22(16-27-17-23)21-6-4-20(5-7-21)19-30-8-2-3-9-30/h4-7,14-18,29H,2-3,8-13,19H2,1H3. The van der Waals surface area contributed by atoms with E-state index in [1.54, 1.807) is 24.5 Å². The van der Waals surface area contributed by atoms with Gasteiger partial charge in [-0.25, -0.2) is 13.4 Å². The van der Waals surface area contributed by atoms with Crippen molar-refractivity contribution in [2.75, 3.05) is 56.1 Å². The van der Waals surface area contributed by atoms with Gasteiger partial charge in [0.2, 0.25) is 5.88 Å². The Labute approximate surface area is 212 Å². The number of nitrogens with zero attached hydrogens (tertiary/aromatic N) is 4. The predicted octanol–water partition coefficient (Wildman–Crippen LogP) is 3.39. The number of sulfonamides is 1. The quantitative estimate of drug-likeness (QED) is 0.494. The van der Waals surface area contributed by atoms with Crippen LogP contribution in [0.3, 0.4) is 0 Å². The van der Waals surface area contributed by atoms with Crippen molar-refractivity contribution in [2.24, 2.45) is 0 Å². The highest BCUT2D eigenvalue weighted by molar-refractivity contribution is 7.92. The summed E-state index contributed by atoms with van der Waals surface area (Å²) in [4.78, 5) is 13.0. The molecule has 1 N–H and O–H groups in total. The van der Waals surface area contributed by atoms with E-state index in [4.69, 9.17) is 9.47 Å². The van der Waals surface area contributed by atoms with Crippen molar-refractivity contribution in [3.05, 3.63) is 60.6 Å². The maximum Gasteiger partial charge on any atom is 0.267 e. The Balaban J connectivity index is 1.35. The molecule has 36 heavy (non-hydrogen) atoms. The molecule has 0 saturated carbocycles. The first-order valence-corrected chi connectivity index (χ1v) is 13.7. The van der Waals surface area contributed by atoms with Gasteiger partial charge in [-0.1, -0.05) is 24.3 Å². The Morgan fingerprint density at radius 1 is 0.972 bits per heavy atom. The molecule has 0 atom stereocenters. The van der Waals surface area contributed by atoms with Gasteiger partial charge < -0.3 is 14.4 Å². The lowest BCUT2D eigenvalue weighted by Gasteiger charge is -2.29. The summed E-state index contributed by atoms with van der Waals surface area (Å²) in [5.74, 6) is 0.0391. The van der Waals surface area contributed by atoms with Gasteiger partial charge >= 0.3 is 0 Å². The number of pyridine rings is 2. The third-order valence-electron chi connectivity index (χ3n) is 6.55. The van der Waals surface area contributed by atoms with Crippen molar-refractivity contribution in [3.63, 3.8) is 0 Å². The molecule has 4 heterocycles. The van der Waals surface area contributed by atoms with Crippen LogP contribution in [0.15, 0.2) is 59.9 Å². The molecule has 0 spiro atoms. The maximum atomic E-state index is 13.4. The van der Waals surface area contributed by atoms with Crippen LogP contribution in [0.2, 0.25) is 0 Å². The monoisotopic (exact) mass is 509 g/mol. The second-order valence-electron chi connectivity index (χ2n) is 9.05. The SMILES string of the molecule is COc1ncc(N2CCOCC2)cc1S(=O)(=O)Nc1cncc(-c2ccc(CN3CCCC3)cc2)c1. The average molecular weight is 510 g/mol. The fourth-order valence-corrected chi connectivity index (χ4v) is 5.80. The molecule has 0 aliphatic carbocycles. The average Bonchev–Trinajstić information content (AvgIpc) is 3.42. The summed E-state index contributed by atoms with van der Waals surface area (Å²) in [6, 6.07) is 11.7. The predicted molar refractivity (Wildman–Crippen MR) is 139 cm³/mol. The molecular formula is C26H31N5O4S. The van der Waals surface area contributed by atoms with Gasteiger partial charge in [0.1, 0.15) is 0 Å². The number of likely N-dealkylation sites (tertiary alicyclic amines) is 1. The number of benzene rings is 1. The first kappa shape index (κ1) is 24.5. The van der Waals surface area contributed by atoms with E-state index < -0.39 is 10.0 Å². The minimum absolute atomic E-state index is 0.0225. The van der Waals surface area contributed by atoms with Crippen LogP contribution >= 0.6 is 0 Å². The fraction of sp³-hybridized carbons (Fsp3) is 0.385. The van der Waals surface area contributed by atoms with Crippen LogP contribution < -0.4 is 14.4 Å². The van der Waals surface area contributed by atoms with Gasteiger partial charge in [-0.05, 0) is 49.2 Å². The lowest BCUT2D eigenvalue weighted by atomic mass is 10.1. The van der Waals surface area contributed by atoms with Crippen LogP contribution in [0.4, 0.5) is 11.4 Å². The summed E-state index contributed by atoms with van der Waals surface area (Å²) in [7, 11) is -2.57. The Bertz CT molecular complexity index is 1290. The van der Waals surface area contributed by atoms with Gasteiger partial charge in [-0.15, -0.1) is 0 Å². The van der Waals surface area contributed by atoms with Crippen LogP contribution in [0.5, 0.6) is 5.88 Å². The van der Waals surface area contributed by atoms with Crippen molar-refractivity contribution in [1.29, 1.82) is 0 Å². The van der Waals surface area contributed by atoms with Crippen molar-refractivity contribution >= 4 is 21.4 Å². The van der Waals surface area contributed by atoms with Crippen molar-refractivity contribution in [1.82, 2.24) is 14.9 Å². The molecule has 190 valence electrons. The molecule has 0 radical (unpaired) electrons. The highest BCUT2D eigenvalue weighted by Gasteiger charge is 2.24. The third-order valence-corrected chi connectivity index (χ3v) is 7.92. The maximum absolute atomic E-state index is 13.4. The zero-order chi connectivity index (χ0) is 25.0. The molecule has 5 rings (SSSR count). The minimum atomic E-state index is -3.98. The molecule has 10 heteroatoms. The highest BCUT2D eigenvalue weighted by atomic mass is 32.2. The van der Waals surface area contributed by atoms with E-state index in [1.165, 1.54) is 31.7 Å². The molecule has 2 saturated heterocycles. The van der Waals surface area contributed by atoms with Crippen LogP contribution in [0.1, 0.15) is 18.4 Å². The number of aromatic nitrogens is 2. The lowest BCUT2D eigenvalue weighted by molar-refractivity contribution is 0.122. The van der Waals surface area contributed by atoms with E-state index in [0.717, 1.165) is 30.8 Å². The highest BCUT2D eigenvalue weighted by Crippen LogP contribution is 2.30. The summed E-state index contributed by atoms with van der Waals surface area (Å²) in [6.07, 6.45) is 7.39. The van der Waals surface area contributed by atoms with E-state index in [2.05, 4.69) is 43.9 Å². The number of anilines is 2. The number of nitrogens with one attached hydrogen (secondary N) is 1. The van der Waals surface area contributed by atoms with Gasteiger partial charge in [0.25, 0.3) is 10.0 Å². The Hall–Kier alpha value is -3.21. The molecule has 3 aromatic rings.